The van der Waals surface area contributed by atoms with Crippen molar-refractivity contribution >= 4 is 6.29 Å². The Labute approximate surface area is 150 Å². The molecule has 1 aliphatic heterocycles. The summed E-state index contributed by atoms with van der Waals surface area (Å²) in [5.41, 5.74) is 2.42. The monoisotopic (exact) mass is 337 g/mol. The summed E-state index contributed by atoms with van der Waals surface area (Å²) >= 11 is 0. The topological polar surface area (TPSA) is 29.5 Å². The third-order valence-corrected chi connectivity index (χ3v) is 4.86. The Morgan fingerprint density at radius 1 is 0.960 bits per heavy atom. The fourth-order valence-corrected chi connectivity index (χ4v) is 3.46. The Kier molecular flexibility index (Phi) is 6.78. The van der Waals surface area contributed by atoms with Crippen molar-refractivity contribution in [3.63, 3.8) is 0 Å². The molecule has 0 atom stereocenters. The quantitative estimate of drug-likeness (QED) is 0.533. The fourth-order valence-electron chi connectivity index (χ4n) is 3.46. The number of benzene rings is 2. The summed E-state index contributed by atoms with van der Waals surface area (Å²) in [5.74, 6) is 0. The number of aldehydes is 1. The van der Waals surface area contributed by atoms with E-state index in [0.717, 1.165) is 45.2 Å². The Morgan fingerprint density at radius 3 is 2.04 bits per heavy atom. The molecule has 25 heavy (non-hydrogen) atoms. The largest absolute Gasteiger partial charge is 0.365 e. The number of hydrogen-bond donors (Lipinski definition) is 0. The van der Waals surface area contributed by atoms with Crippen molar-refractivity contribution in [2.45, 2.75) is 37.9 Å². The number of ether oxygens (including phenoxy) is 1. The van der Waals surface area contributed by atoms with Gasteiger partial charge in [-0.05, 0) is 36.9 Å². The van der Waals surface area contributed by atoms with Gasteiger partial charge in [-0.25, -0.2) is 0 Å². The lowest BCUT2D eigenvalue weighted by Gasteiger charge is -2.34. The van der Waals surface area contributed by atoms with Gasteiger partial charge in [0.2, 0.25) is 0 Å². The van der Waals surface area contributed by atoms with Crippen LogP contribution >= 0.6 is 0 Å². The molecule has 0 amide bonds. The second-order valence-electron chi connectivity index (χ2n) is 6.69. The summed E-state index contributed by atoms with van der Waals surface area (Å²) in [7, 11) is 0. The smallest absolute Gasteiger partial charge is 0.120 e. The molecule has 3 heteroatoms. The molecule has 0 saturated carbocycles. The highest BCUT2D eigenvalue weighted by atomic mass is 16.5. The van der Waals surface area contributed by atoms with Gasteiger partial charge in [-0.3, -0.25) is 0 Å². The molecule has 0 spiro atoms. The number of carbonyl (C=O) groups is 1. The van der Waals surface area contributed by atoms with Gasteiger partial charge in [0.1, 0.15) is 12.4 Å². The van der Waals surface area contributed by atoms with Crippen LogP contribution in [0.2, 0.25) is 0 Å². The van der Waals surface area contributed by atoms with Gasteiger partial charge >= 0.3 is 0 Å². The van der Waals surface area contributed by atoms with Crippen LogP contribution in [0.5, 0.6) is 0 Å². The highest BCUT2D eigenvalue weighted by molar-refractivity contribution is 5.49. The molecule has 0 aromatic heterocycles. The van der Waals surface area contributed by atoms with E-state index in [0.29, 0.717) is 6.42 Å². The number of hydrogen-bond acceptors (Lipinski definition) is 3. The standard InChI is InChI=1S/C22H27NO2/c24-18-8-7-15-23-16-13-21(14-17-23)25-22(19-9-3-1-4-10-19)20-11-5-2-6-12-20/h1-6,9-12,18,21-22H,7-8,13-17H2. The van der Waals surface area contributed by atoms with Gasteiger partial charge in [-0.1, -0.05) is 60.7 Å². The molecule has 0 unspecified atom stereocenters. The van der Waals surface area contributed by atoms with Crippen LogP contribution in [0.1, 0.15) is 42.9 Å². The summed E-state index contributed by atoms with van der Waals surface area (Å²) in [6.45, 7) is 3.13. The molecule has 1 fully saturated rings. The van der Waals surface area contributed by atoms with Gasteiger partial charge in [-0.15, -0.1) is 0 Å². The second-order valence-corrected chi connectivity index (χ2v) is 6.69. The molecule has 3 nitrogen and oxygen atoms in total. The molecule has 0 radical (unpaired) electrons. The lowest BCUT2D eigenvalue weighted by atomic mass is 10.00. The molecule has 0 N–H and O–H groups in total. The van der Waals surface area contributed by atoms with E-state index in [2.05, 4.69) is 53.4 Å². The van der Waals surface area contributed by atoms with Crippen molar-refractivity contribution in [1.29, 1.82) is 0 Å². The minimum Gasteiger partial charge on any atom is -0.365 e. The molecule has 2 aromatic carbocycles. The SMILES string of the molecule is O=CCCCN1CCC(OC(c2ccccc2)c2ccccc2)CC1. The number of likely N-dealkylation sites (tertiary alicyclic amines) is 1. The molecule has 0 bridgehead atoms. The molecule has 2 aromatic rings. The molecule has 3 rings (SSSR count). The Hall–Kier alpha value is -1.97. The van der Waals surface area contributed by atoms with Crippen LogP contribution in [0, 0.1) is 0 Å². The van der Waals surface area contributed by atoms with Gasteiger partial charge < -0.3 is 14.4 Å². The van der Waals surface area contributed by atoms with Crippen LogP contribution in [-0.4, -0.2) is 36.9 Å². The van der Waals surface area contributed by atoms with E-state index < -0.39 is 0 Å². The van der Waals surface area contributed by atoms with Crippen molar-refractivity contribution in [3.05, 3.63) is 71.8 Å². The maximum absolute atomic E-state index is 10.5. The molecule has 1 heterocycles. The van der Waals surface area contributed by atoms with E-state index >= 15 is 0 Å². The predicted octanol–water partition coefficient (Wildman–Crippen LogP) is 4.24. The average molecular weight is 337 g/mol. The van der Waals surface area contributed by atoms with E-state index in [1.54, 1.807) is 0 Å². The van der Waals surface area contributed by atoms with Crippen LogP contribution < -0.4 is 0 Å². The molecule has 1 aliphatic rings. The highest BCUT2D eigenvalue weighted by Crippen LogP contribution is 2.29. The number of rotatable bonds is 8. The molecular formula is C22H27NO2. The highest BCUT2D eigenvalue weighted by Gasteiger charge is 2.24. The van der Waals surface area contributed by atoms with Crippen LogP contribution in [0.3, 0.4) is 0 Å². The Morgan fingerprint density at radius 2 is 1.52 bits per heavy atom. The van der Waals surface area contributed by atoms with E-state index in [1.165, 1.54) is 11.1 Å². The maximum atomic E-state index is 10.5. The zero-order valence-corrected chi connectivity index (χ0v) is 14.7. The summed E-state index contributed by atoms with van der Waals surface area (Å²) < 4.78 is 6.55. The molecule has 0 aliphatic carbocycles. The van der Waals surface area contributed by atoms with Crippen molar-refractivity contribution in [3.8, 4) is 0 Å². The van der Waals surface area contributed by atoms with Crippen LogP contribution in [-0.2, 0) is 9.53 Å². The predicted molar refractivity (Wildman–Crippen MR) is 101 cm³/mol. The van der Waals surface area contributed by atoms with Crippen LogP contribution in [0.4, 0.5) is 0 Å². The third kappa shape index (κ3) is 5.25. The first-order chi connectivity index (χ1) is 12.4. The molecular weight excluding hydrogens is 310 g/mol. The van der Waals surface area contributed by atoms with Crippen molar-refractivity contribution in [2.24, 2.45) is 0 Å². The molecule has 1 saturated heterocycles. The number of unbranched alkanes of at least 4 members (excludes halogenated alkanes) is 1. The first-order valence-corrected chi connectivity index (χ1v) is 9.28. The van der Waals surface area contributed by atoms with E-state index in [-0.39, 0.29) is 12.2 Å². The fraction of sp³-hybridized carbons (Fsp3) is 0.409. The minimum atomic E-state index is -0.00554. The average Bonchev–Trinajstić information content (AvgIpc) is 2.69. The first kappa shape index (κ1) is 17.8. The second kappa shape index (κ2) is 9.50. The van der Waals surface area contributed by atoms with E-state index in [1.807, 2.05) is 12.1 Å². The van der Waals surface area contributed by atoms with Gasteiger partial charge in [0.25, 0.3) is 0 Å². The normalized spacial score (nSPS) is 16.2. The summed E-state index contributed by atoms with van der Waals surface area (Å²) in [6.07, 6.45) is 5.03. The van der Waals surface area contributed by atoms with Crippen molar-refractivity contribution in [1.82, 2.24) is 4.90 Å². The van der Waals surface area contributed by atoms with E-state index in [4.69, 9.17) is 4.74 Å². The van der Waals surface area contributed by atoms with Gasteiger partial charge in [0.05, 0.1) is 6.10 Å². The zero-order valence-electron chi connectivity index (χ0n) is 14.7. The Balaban J connectivity index is 1.61. The third-order valence-electron chi connectivity index (χ3n) is 4.86. The van der Waals surface area contributed by atoms with Gasteiger partial charge in [-0.2, -0.15) is 0 Å². The number of piperidine rings is 1. The van der Waals surface area contributed by atoms with Crippen molar-refractivity contribution in [2.75, 3.05) is 19.6 Å². The summed E-state index contributed by atoms with van der Waals surface area (Å²) in [6, 6.07) is 21.0. The first-order valence-electron chi connectivity index (χ1n) is 9.28. The lowest BCUT2D eigenvalue weighted by molar-refractivity contribution is -0.108. The zero-order chi connectivity index (χ0) is 17.3. The molecule has 132 valence electrons. The lowest BCUT2D eigenvalue weighted by Crippen LogP contribution is -2.38. The maximum Gasteiger partial charge on any atom is 0.120 e. The minimum absolute atomic E-state index is 0.00554. The van der Waals surface area contributed by atoms with Gasteiger partial charge in [0, 0.05) is 19.5 Å². The van der Waals surface area contributed by atoms with Gasteiger partial charge in [0.15, 0.2) is 0 Å². The van der Waals surface area contributed by atoms with Crippen LogP contribution in [0.25, 0.3) is 0 Å². The summed E-state index contributed by atoms with van der Waals surface area (Å²) in [4.78, 5) is 12.9. The summed E-state index contributed by atoms with van der Waals surface area (Å²) in [5, 5.41) is 0. The van der Waals surface area contributed by atoms with Crippen LogP contribution in [0.15, 0.2) is 60.7 Å². The Bertz CT molecular complexity index is 581. The number of nitrogens with zero attached hydrogens (tertiary/aromatic N) is 1. The van der Waals surface area contributed by atoms with Crippen molar-refractivity contribution < 1.29 is 9.53 Å². The van der Waals surface area contributed by atoms with E-state index in [9.17, 15) is 4.79 Å². The number of carbonyl (C=O) groups excluding carboxylic acids is 1.